The minimum atomic E-state index is -10.5. The van der Waals surface area contributed by atoms with Gasteiger partial charge in [-0.25, -0.2) is 13.2 Å². The van der Waals surface area contributed by atoms with E-state index in [1.807, 2.05) is 0 Å². The number of nitrogens with zero attached hydrogens (tertiary/aromatic N) is 1. The first-order chi connectivity index (χ1) is 18.8. The summed E-state index contributed by atoms with van der Waals surface area (Å²) in [6.45, 7) is 0. The first-order valence-corrected chi connectivity index (χ1v) is 10.5. The third-order valence-corrected chi connectivity index (χ3v) is 6.72. The van der Waals surface area contributed by atoms with E-state index in [1.54, 1.807) is 0 Å². The quantitative estimate of drug-likeness (QED) is 0.124. The molecular weight excluding hydrogens is 760 g/mol. The van der Waals surface area contributed by atoms with E-state index < -0.39 is 91.2 Å². The van der Waals surface area contributed by atoms with Gasteiger partial charge < -0.3 is 5.11 Å². The zero-order chi connectivity index (χ0) is 37.7. The largest absolute Gasteiger partial charge is 0.476 e. The van der Waals surface area contributed by atoms with Gasteiger partial charge in [-0.1, -0.05) is 0 Å². The van der Waals surface area contributed by atoms with E-state index >= 15 is 0 Å². The van der Waals surface area contributed by atoms with Crippen LogP contribution in [0.2, 0.25) is 0 Å². The van der Waals surface area contributed by atoms with Crippen molar-refractivity contribution in [3.63, 3.8) is 0 Å². The summed E-state index contributed by atoms with van der Waals surface area (Å²) in [6, 6.07) is -15.9. The lowest BCUT2D eigenvalue weighted by molar-refractivity contribution is -0.458. The van der Waals surface area contributed by atoms with Crippen molar-refractivity contribution in [1.29, 1.82) is 0 Å². The van der Waals surface area contributed by atoms with Crippen LogP contribution in [0, 0.1) is 0 Å². The Morgan fingerprint density at radius 1 is 0.444 bits per heavy atom. The molecule has 1 N–H and O–H groups in total. The molecule has 0 heterocycles. The van der Waals surface area contributed by atoms with Crippen LogP contribution < -0.4 is 0 Å². The zero-order valence-corrected chi connectivity index (χ0v) is 19.7. The van der Waals surface area contributed by atoms with Crippen molar-refractivity contribution in [3.8, 4) is 0 Å². The Labute approximate surface area is 225 Å². The van der Waals surface area contributed by atoms with E-state index in [0.717, 1.165) is 0 Å². The van der Waals surface area contributed by atoms with E-state index in [1.165, 1.54) is 0 Å². The second kappa shape index (κ2) is 10.3. The fourth-order valence-electron chi connectivity index (χ4n) is 2.21. The summed E-state index contributed by atoms with van der Waals surface area (Å²) in [6.07, 6.45) is -8.26. The molecule has 0 bridgehead atoms. The molecule has 0 aliphatic carbocycles. The fourth-order valence-corrected chi connectivity index (χ4v) is 3.45. The highest BCUT2D eigenvalue weighted by molar-refractivity contribution is 7.93. The molecule has 0 amide bonds. The highest BCUT2D eigenvalue weighted by atomic mass is 32.2. The first-order valence-electron chi connectivity index (χ1n) is 9.01. The normalized spacial score (nSPS) is 16.8. The van der Waals surface area contributed by atoms with Gasteiger partial charge in [-0.2, -0.15) is 110 Å². The molecule has 0 aliphatic rings. The molecular formula is C13HF26NO4S. The summed E-state index contributed by atoms with van der Waals surface area (Å²) in [4.78, 5) is 9.93. The number of carboxylic acids is 1. The lowest BCUT2D eigenvalue weighted by Gasteiger charge is -2.43. The van der Waals surface area contributed by atoms with Crippen LogP contribution in [0.4, 0.5) is 114 Å². The molecule has 0 rings (SSSR count). The van der Waals surface area contributed by atoms with Crippen LogP contribution in [0.25, 0.3) is 0 Å². The number of aliphatic carboxylic acids is 1. The van der Waals surface area contributed by atoms with Gasteiger partial charge in [0.15, 0.2) is 0 Å². The van der Waals surface area contributed by atoms with Gasteiger partial charge in [0.05, 0.1) is 0 Å². The second-order valence-electron chi connectivity index (χ2n) is 7.72. The minimum absolute atomic E-state index is 4.42. The topological polar surface area (TPSA) is 74.7 Å². The third kappa shape index (κ3) is 4.96. The molecule has 0 aromatic heterocycles. The molecule has 0 saturated carbocycles. The molecule has 5 nitrogen and oxygen atoms in total. The average Bonchev–Trinajstić information content (AvgIpc) is 2.81. The molecule has 0 fully saturated rings. The summed E-state index contributed by atoms with van der Waals surface area (Å²) in [5.41, 5.74) is 0. The monoisotopic (exact) mass is 761 g/mol. The van der Waals surface area contributed by atoms with Gasteiger partial charge in [-0.05, 0) is 0 Å². The molecule has 0 spiro atoms. The van der Waals surface area contributed by atoms with Crippen molar-refractivity contribution in [3.05, 3.63) is 0 Å². The van der Waals surface area contributed by atoms with Crippen LogP contribution in [0.3, 0.4) is 0 Å². The Morgan fingerprint density at radius 2 is 0.689 bits per heavy atom. The first kappa shape index (κ1) is 42.6. The van der Waals surface area contributed by atoms with Crippen LogP contribution in [0.5, 0.6) is 0 Å². The maximum Gasteiger partial charge on any atom is 0.460 e. The Morgan fingerprint density at radius 3 is 0.956 bits per heavy atom. The standard InChI is InChI=1S/C13HF26NO4S/c14-2(15,1(41)42)40(39)11(33,34)9(28,29)13(37,38)45(43,44)12(35,36)8(26,27)6(22,23)4(18,19)3(16,17)5(20,21)7(24,25)10(30,31)32/h(H,41,42). The minimum Gasteiger partial charge on any atom is -0.476 e. The Kier molecular flexibility index (Phi) is 9.72. The predicted molar refractivity (Wildman–Crippen MR) is 80.0 cm³/mol. The van der Waals surface area contributed by atoms with E-state index in [4.69, 9.17) is 5.11 Å². The van der Waals surface area contributed by atoms with Gasteiger partial charge in [0.1, 0.15) is 0 Å². The molecule has 0 unspecified atom stereocenters. The van der Waals surface area contributed by atoms with Crippen LogP contribution >= 0.6 is 0 Å². The molecule has 0 atom stereocenters. The predicted octanol–water partition coefficient (Wildman–Crippen LogP) is 7.05. The van der Waals surface area contributed by atoms with Crippen molar-refractivity contribution in [2.45, 2.75) is 70.2 Å². The number of rotatable bonds is 13. The molecule has 0 radical (unpaired) electrons. The van der Waals surface area contributed by atoms with Crippen molar-refractivity contribution in [2.24, 2.45) is 0 Å². The zero-order valence-electron chi connectivity index (χ0n) is 18.9. The maximum atomic E-state index is 13.8. The van der Waals surface area contributed by atoms with Crippen LogP contribution in [-0.2, 0) is 14.6 Å². The summed E-state index contributed by atoms with van der Waals surface area (Å²) in [7, 11) is -10.5. The number of carboxylic acid groups (broad SMARTS) is 1. The number of hydrogen-bond donors (Lipinski definition) is 1. The number of carbonyl (C=O) groups is 1. The number of halogens is 26. The van der Waals surface area contributed by atoms with E-state index in [0.29, 0.717) is 0 Å². The highest BCUT2D eigenvalue weighted by Gasteiger charge is 2.98. The molecule has 0 aliphatic heterocycles. The molecule has 270 valence electrons. The molecule has 32 heteroatoms. The molecule has 0 saturated heterocycles. The van der Waals surface area contributed by atoms with Gasteiger partial charge in [-0.3, -0.25) is 0 Å². The Hall–Kier alpha value is -2.44. The summed E-state index contributed by atoms with van der Waals surface area (Å²) >= 11 is 0. The summed E-state index contributed by atoms with van der Waals surface area (Å²) in [5.74, 6) is -70.2. The van der Waals surface area contributed by atoms with Gasteiger partial charge in [0.2, 0.25) is 0 Å². The van der Waals surface area contributed by atoms with Crippen molar-refractivity contribution < 1.29 is 133 Å². The van der Waals surface area contributed by atoms with Crippen molar-refractivity contribution >= 4 is 15.8 Å². The maximum absolute atomic E-state index is 13.8. The Balaban J connectivity index is 7.52. The van der Waals surface area contributed by atoms with Gasteiger partial charge in [0.25, 0.3) is 9.84 Å². The van der Waals surface area contributed by atoms with Crippen molar-refractivity contribution in [2.75, 3.05) is 0 Å². The van der Waals surface area contributed by atoms with E-state index in [-0.39, 0.29) is 0 Å². The highest BCUT2D eigenvalue weighted by Crippen LogP contribution is 2.66. The lowest BCUT2D eigenvalue weighted by Crippen LogP contribution is -2.76. The van der Waals surface area contributed by atoms with Crippen LogP contribution in [0.1, 0.15) is 0 Å². The molecule has 0 aromatic rings. The summed E-state index contributed by atoms with van der Waals surface area (Å²) in [5, 5.41) is -15.8. The van der Waals surface area contributed by atoms with E-state index in [9.17, 15) is 127 Å². The lowest BCUT2D eigenvalue weighted by atomic mass is 9.91. The average molecular weight is 761 g/mol. The Bertz CT molecular complexity index is 1250. The summed E-state index contributed by atoms with van der Waals surface area (Å²) < 4.78 is 365. The second-order valence-corrected chi connectivity index (χ2v) is 9.76. The van der Waals surface area contributed by atoms with Gasteiger partial charge >= 0.3 is 76.2 Å². The SMILES string of the molecule is O=C(O)C(F)(F)N(F)C(F)(F)C(F)(F)C(F)(F)S(=O)(=O)C(F)(F)C(F)(F)C(F)(F)C(F)(F)C(F)(F)C(F)(F)C(F)(F)C(F)(F)F. The third-order valence-electron chi connectivity index (χ3n) is 4.86. The number of alkyl halides is 25. The van der Waals surface area contributed by atoms with Crippen LogP contribution in [-0.4, -0.2) is 94.9 Å². The number of sulfone groups is 1. The van der Waals surface area contributed by atoms with E-state index in [2.05, 4.69) is 0 Å². The molecule has 0 aromatic carbocycles. The molecule has 45 heavy (non-hydrogen) atoms. The van der Waals surface area contributed by atoms with Crippen molar-refractivity contribution in [1.82, 2.24) is 5.12 Å². The van der Waals surface area contributed by atoms with Crippen LogP contribution in [0.15, 0.2) is 0 Å². The van der Waals surface area contributed by atoms with Gasteiger partial charge in [0, 0.05) is 5.12 Å². The number of hydrogen-bond acceptors (Lipinski definition) is 4. The smallest absolute Gasteiger partial charge is 0.460 e. The fraction of sp³-hybridized carbons (Fsp3) is 0.923. The van der Waals surface area contributed by atoms with Gasteiger partial charge in [-0.15, -0.1) is 4.48 Å².